The Kier molecular flexibility index (Phi) is 53.9. The van der Waals surface area contributed by atoms with E-state index < -0.39 is 80.5 Å². The van der Waals surface area contributed by atoms with Gasteiger partial charge >= 0.3 is 162 Å². The number of carbonyl (C=O) groups is 6. The summed E-state index contributed by atoms with van der Waals surface area (Å²) in [6.07, 6.45) is -4.58. The normalized spacial score (nSPS) is 8.97. The van der Waals surface area contributed by atoms with Crippen LogP contribution in [0.3, 0.4) is 0 Å². The number of rotatable bonds is 10. The average molecular weight is 632 g/mol. The number of carboxylic acids is 6. The van der Waals surface area contributed by atoms with Crippen molar-refractivity contribution in [2.45, 2.75) is 36.9 Å². The second-order valence-electron chi connectivity index (χ2n) is 5.47. The van der Waals surface area contributed by atoms with Crippen LogP contribution in [0.5, 0.6) is 0 Å². The van der Waals surface area contributed by atoms with E-state index in [-0.39, 0.29) is 135 Å². The van der Waals surface area contributed by atoms with Crippen molar-refractivity contribution in [3.8, 4) is 0 Å². The molecular weight excluding hydrogens is 603 g/mol. The molecule has 212 valence electrons. The van der Waals surface area contributed by atoms with Gasteiger partial charge in [0.1, 0.15) is 0 Å². The van der Waals surface area contributed by atoms with E-state index in [2.05, 4.69) is 0 Å². The zero-order valence-corrected chi connectivity index (χ0v) is 17.4. The van der Waals surface area contributed by atoms with E-state index in [1.165, 1.54) is 0 Å². The second kappa shape index (κ2) is 30.7. The van der Waals surface area contributed by atoms with Gasteiger partial charge in [-0.3, -0.25) is 19.2 Å². The molecule has 0 heterocycles. The van der Waals surface area contributed by atoms with Gasteiger partial charge in [0.2, 0.25) is 0 Å². The number of phosphoric acid groups is 1. The fraction of sp³-hybridized carbons (Fsp3) is 0.500. The Morgan fingerprint density at radius 3 is 0.632 bits per heavy atom. The first-order chi connectivity index (χ1) is 13.6. The molecule has 0 rings (SSSR count). The predicted octanol–water partition coefficient (Wildman–Crippen LogP) is -8.49. The fourth-order valence-electron chi connectivity index (χ4n) is 1.43. The third-order valence-electron chi connectivity index (χ3n) is 2.57. The molecule has 21 nitrogen and oxygen atoms in total. The Labute approximate surface area is 300 Å². The first kappa shape index (κ1) is 66.8. The van der Waals surface area contributed by atoms with E-state index in [1.807, 2.05) is 0 Å². The summed E-state index contributed by atoms with van der Waals surface area (Å²) in [5, 5.41) is 67.6. The summed E-state index contributed by atoms with van der Waals surface area (Å²) in [4.78, 5) is 82.5. The van der Waals surface area contributed by atoms with Crippen LogP contribution in [0.4, 0.5) is 0 Å². The molecule has 38 heavy (non-hydrogen) atoms. The van der Waals surface area contributed by atoms with Gasteiger partial charge in [-0.05, 0) is 0 Å². The van der Waals surface area contributed by atoms with E-state index in [4.69, 9.17) is 60.1 Å². The van der Waals surface area contributed by atoms with Crippen molar-refractivity contribution in [2.24, 2.45) is 0 Å². The van der Waals surface area contributed by atoms with Crippen LogP contribution in [0.25, 0.3) is 0 Å². The Morgan fingerprint density at radius 2 is 0.579 bits per heavy atom. The molecule has 0 atom stereocenters. The topological polar surface area (TPSA) is 437 Å². The molecule has 0 saturated carbocycles. The zero-order valence-electron chi connectivity index (χ0n) is 16.6. The van der Waals surface area contributed by atoms with Crippen molar-refractivity contribution in [1.82, 2.24) is 0 Å². The van der Waals surface area contributed by atoms with Gasteiger partial charge in [0.15, 0.2) is 11.2 Å². The molecule has 0 aromatic carbocycles. The minimum atomic E-state index is -4.64. The molecule has 0 bridgehead atoms. The number of carboxylic acid groups (broad SMARTS) is 6. The van der Waals surface area contributed by atoms with Crippen LogP contribution in [-0.4, -0.2) is 237 Å². The summed E-state index contributed by atoms with van der Waals surface area (Å²) < 4.78 is 8.88. The summed E-state index contributed by atoms with van der Waals surface area (Å²) >= 11 is 0. The fourth-order valence-corrected chi connectivity index (χ4v) is 1.43. The molecule has 0 aromatic heterocycles. The first-order valence-corrected chi connectivity index (χ1v) is 8.69. The van der Waals surface area contributed by atoms with Gasteiger partial charge in [0.05, 0.1) is 25.7 Å². The maximum absolute atomic E-state index is 10.3. The number of aliphatic carboxylic acids is 6. The molecule has 0 saturated heterocycles. The van der Waals surface area contributed by atoms with Crippen LogP contribution in [0, 0.1) is 0 Å². The van der Waals surface area contributed by atoms with Crippen LogP contribution >= 0.6 is 7.82 Å². The zero-order chi connectivity index (χ0) is 25.8. The first-order valence-electron chi connectivity index (χ1n) is 7.12. The van der Waals surface area contributed by atoms with Crippen molar-refractivity contribution in [1.29, 1.82) is 0 Å². The van der Waals surface area contributed by atoms with Gasteiger partial charge < -0.3 is 72.0 Å². The number of hydrogen-bond acceptors (Lipinski definition) is 9. The van der Waals surface area contributed by atoms with Crippen LogP contribution in [0.2, 0.25) is 0 Å². The third-order valence-corrected chi connectivity index (χ3v) is 2.57. The van der Waals surface area contributed by atoms with Crippen molar-refractivity contribution in [3.05, 3.63) is 0 Å². The molecule has 0 radical (unpaired) electrons. The molecule has 0 unspecified atom stereocenters. The van der Waals surface area contributed by atoms with Crippen LogP contribution in [0.1, 0.15) is 25.7 Å². The van der Waals surface area contributed by atoms with Gasteiger partial charge in [-0.25, -0.2) is 14.2 Å². The summed E-state index contributed by atoms with van der Waals surface area (Å²) in [5.41, 5.74) is -5.48. The van der Waals surface area contributed by atoms with Crippen molar-refractivity contribution in [2.75, 3.05) is 0 Å². The molecule has 26 heteroatoms. The summed E-state index contributed by atoms with van der Waals surface area (Å²) in [5.74, 6) is -10.0. The van der Waals surface area contributed by atoms with Gasteiger partial charge in [0.25, 0.3) is 0 Å². The molecule has 0 aliphatic rings. The molecule has 0 aromatic rings. The SMILES string of the molecule is O.O.O.O=C(O)CC(O)(CC(=O)O)C(=O)O.O=C(O)CC(O)(CC(=O)O)C(=O)O.O=P(O)(O)O.[NaH].[NaH].[NaH].[NaH]. The average Bonchev–Trinajstić information content (AvgIpc) is 2.41. The van der Waals surface area contributed by atoms with Crippen molar-refractivity contribution >= 4 is 162 Å². The van der Waals surface area contributed by atoms with Crippen LogP contribution < -0.4 is 0 Å². The Morgan fingerprint density at radius 1 is 0.474 bits per heavy atom. The Bertz CT molecular complexity index is 662. The molecule has 0 aliphatic carbocycles. The molecule has 0 fully saturated rings. The molecule has 0 aliphatic heterocycles. The predicted molar refractivity (Wildman–Crippen MR) is 128 cm³/mol. The summed E-state index contributed by atoms with van der Waals surface area (Å²) in [6.45, 7) is 0. The van der Waals surface area contributed by atoms with Crippen molar-refractivity contribution in [3.63, 3.8) is 0 Å². The standard InChI is InChI=1S/2C6H8O7.4Na.H3O4P.3H2O.4H/c2*7-3(8)1-6(13,5(11)12)2-4(9)10;;;;;1-5(2,3)4;;;;;;;/h2*13H,1-2H2,(H,7,8)(H,9,10)(H,11,12);;;;;(H3,1,2,3,4);3*1H2;;;;. The van der Waals surface area contributed by atoms with Crippen molar-refractivity contribution < 1.29 is 105 Å². The summed E-state index contributed by atoms with van der Waals surface area (Å²) in [6, 6.07) is 0. The van der Waals surface area contributed by atoms with E-state index in [9.17, 15) is 28.8 Å². The third kappa shape index (κ3) is 43.8. The minimum absolute atomic E-state index is 0. The molecule has 17 N–H and O–H groups in total. The van der Waals surface area contributed by atoms with Crippen LogP contribution in [-0.2, 0) is 33.3 Å². The second-order valence-corrected chi connectivity index (χ2v) is 6.50. The summed E-state index contributed by atoms with van der Waals surface area (Å²) in [7, 11) is -4.64. The van der Waals surface area contributed by atoms with E-state index in [1.54, 1.807) is 0 Å². The van der Waals surface area contributed by atoms with E-state index in [0.29, 0.717) is 0 Å². The quantitative estimate of drug-likeness (QED) is 0.0786. The monoisotopic (exact) mass is 632 g/mol. The molecule has 0 amide bonds. The van der Waals surface area contributed by atoms with Crippen LogP contribution in [0.15, 0.2) is 0 Å². The molecule has 0 spiro atoms. The van der Waals surface area contributed by atoms with Gasteiger partial charge in [0, 0.05) is 0 Å². The molecular formula is C12H29Na4O21P. The van der Waals surface area contributed by atoms with Gasteiger partial charge in [-0.1, -0.05) is 0 Å². The maximum atomic E-state index is 10.3. The Balaban J connectivity index is -0.0000000378. The Hall–Kier alpha value is 0.730. The number of aliphatic hydroxyl groups is 2. The van der Waals surface area contributed by atoms with Gasteiger partial charge in [-0.15, -0.1) is 0 Å². The van der Waals surface area contributed by atoms with Gasteiger partial charge in [-0.2, -0.15) is 0 Å². The number of hydrogen-bond donors (Lipinski definition) is 11. The van der Waals surface area contributed by atoms with E-state index in [0.717, 1.165) is 0 Å². The van der Waals surface area contributed by atoms with E-state index >= 15 is 0 Å².